The van der Waals surface area contributed by atoms with Gasteiger partial charge in [-0.25, -0.2) is 4.85 Å². The van der Waals surface area contributed by atoms with Crippen LogP contribution in [0.3, 0.4) is 0 Å². The van der Waals surface area contributed by atoms with Gasteiger partial charge >= 0.3 is 11.7 Å². The first-order chi connectivity index (χ1) is 12.0. The molecule has 26 heavy (non-hydrogen) atoms. The van der Waals surface area contributed by atoms with E-state index in [0.29, 0.717) is 6.42 Å². The molecule has 0 saturated heterocycles. The summed E-state index contributed by atoms with van der Waals surface area (Å²) in [6, 6.07) is 4.93. The SMILES string of the molecule is [C-]#[N+]/C(C(=O)OCCCCCCCC)=C(/O)c1ccc([N+](=O)[O-])cc1.[Cu]. The Bertz CT molecular complexity index is 665. The first-order valence-electron chi connectivity index (χ1n) is 8.23. The van der Waals surface area contributed by atoms with Gasteiger partial charge in [-0.3, -0.25) is 14.9 Å². The van der Waals surface area contributed by atoms with Crippen molar-refractivity contribution < 1.29 is 36.6 Å². The molecular formula is C18H22CuN2O5. The van der Waals surface area contributed by atoms with Gasteiger partial charge in [0.05, 0.1) is 18.1 Å². The minimum absolute atomic E-state index is 0. The van der Waals surface area contributed by atoms with Gasteiger partial charge in [0, 0.05) is 34.8 Å². The third kappa shape index (κ3) is 7.68. The summed E-state index contributed by atoms with van der Waals surface area (Å²) in [5.74, 6) is -1.43. The van der Waals surface area contributed by atoms with Crippen LogP contribution in [0, 0.1) is 16.7 Å². The number of carbonyl (C=O) groups is 1. The second kappa shape index (κ2) is 12.9. The zero-order chi connectivity index (χ0) is 18.7. The number of nitro groups is 1. The molecule has 0 spiro atoms. The van der Waals surface area contributed by atoms with Crippen LogP contribution in [0.4, 0.5) is 5.69 Å². The molecule has 0 unspecified atom stereocenters. The summed E-state index contributed by atoms with van der Waals surface area (Å²) >= 11 is 0. The predicted octanol–water partition coefficient (Wildman–Crippen LogP) is 4.64. The van der Waals surface area contributed by atoms with Gasteiger partial charge in [0.2, 0.25) is 0 Å². The monoisotopic (exact) mass is 409 g/mol. The first kappa shape index (κ1) is 23.6. The van der Waals surface area contributed by atoms with Crippen LogP contribution in [0.1, 0.15) is 51.0 Å². The van der Waals surface area contributed by atoms with Gasteiger partial charge in [-0.15, -0.1) is 0 Å². The molecule has 0 amide bonds. The van der Waals surface area contributed by atoms with Gasteiger partial charge in [-0.2, -0.15) is 0 Å². The average Bonchev–Trinajstić information content (AvgIpc) is 2.61. The van der Waals surface area contributed by atoms with Crippen LogP contribution in [0.2, 0.25) is 0 Å². The normalized spacial score (nSPS) is 10.9. The number of hydrogen-bond donors (Lipinski definition) is 1. The third-order valence-corrected chi connectivity index (χ3v) is 3.61. The average molecular weight is 410 g/mol. The molecule has 0 bridgehead atoms. The summed E-state index contributed by atoms with van der Waals surface area (Å²) < 4.78 is 5.03. The quantitative estimate of drug-likeness (QED) is 0.0887. The van der Waals surface area contributed by atoms with Gasteiger partial charge in [0.25, 0.3) is 5.69 Å². The van der Waals surface area contributed by atoms with Crippen LogP contribution >= 0.6 is 0 Å². The van der Waals surface area contributed by atoms with E-state index in [2.05, 4.69) is 11.8 Å². The van der Waals surface area contributed by atoms with E-state index in [1.807, 2.05) is 0 Å². The van der Waals surface area contributed by atoms with Crippen molar-refractivity contribution in [1.82, 2.24) is 0 Å². The number of aliphatic hydroxyl groups is 1. The van der Waals surface area contributed by atoms with Crippen molar-refractivity contribution in [2.75, 3.05) is 6.61 Å². The maximum atomic E-state index is 11.9. The van der Waals surface area contributed by atoms with Gasteiger partial charge in [-0.05, 0) is 18.6 Å². The Balaban J connectivity index is 0.00000625. The molecule has 1 rings (SSSR count). The largest absolute Gasteiger partial charge is 0.518 e. The van der Waals surface area contributed by atoms with E-state index < -0.39 is 22.3 Å². The Labute approximate surface area is 163 Å². The van der Waals surface area contributed by atoms with E-state index in [0.717, 1.165) is 25.7 Å². The number of non-ortho nitro benzene ring substituents is 1. The number of esters is 1. The van der Waals surface area contributed by atoms with Crippen molar-refractivity contribution in [2.45, 2.75) is 45.4 Å². The molecule has 7 nitrogen and oxygen atoms in total. The minimum Gasteiger partial charge on any atom is -0.518 e. The molecular weight excluding hydrogens is 388 g/mol. The number of ether oxygens (including phenoxy) is 1. The van der Waals surface area contributed by atoms with Crippen LogP contribution in [-0.4, -0.2) is 22.6 Å². The molecule has 0 aliphatic carbocycles. The minimum atomic E-state index is -0.889. The van der Waals surface area contributed by atoms with Gasteiger partial charge in [0.1, 0.15) is 5.76 Å². The van der Waals surface area contributed by atoms with Gasteiger partial charge in [0.15, 0.2) is 0 Å². The molecule has 0 aromatic heterocycles. The number of nitro benzene ring substituents is 1. The summed E-state index contributed by atoms with van der Waals surface area (Å²) in [4.78, 5) is 25.0. The van der Waals surface area contributed by atoms with E-state index in [-0.39, 0.29) is 34.9 Å². The molecule has 0 aliphatic heterocycles. The number of carbonyl (C=O) groups excluding carboxylic acids is 1. The van der Waals surface area contributed by atoms with Crippen LogP contribution < -0.4 is 0 Å². The molecule has 8 heteroatoms. The molecule has 0 aliphatic rings. The van der Waals surface area contributed by atoms with Gasteiger partial charge in [-0.1, -0.05) is 39.0 Å². The number of benzene rings is 1. The maximum Gasteiger partial charge on any atom is 0.340 e. The van der Waals surface area contributed by atoms with Crippen LogP contribution in [0.15, 0.2) is 30.0 Å². The summed E-state index contributed by atoms with van der Waals surface area (Å²) in [5.41, 5.74) is -0.528. The van der Waals surface area contributed by atoms with E-state index in [9.17, 15) is 20.0 Å². The molecule has 1 aromatic rings. The van der Waals surface area contributed by atoms with E-state index in [1.54, 1.807) is 0 Å². The number of aliphatic hydroxyl groups excluding tert-OH is 1. The second-order valence-electron chi connectivity index (χ2n) is 5.52. The fraction of sp³-hybridized carbons (Fsp3) is 0.444. The van der Waals surface area contributed by atoms with Crippen molar-refractivity contribution in [1.29, 1.82) is 0 Å². The van der Waals surface area contributed by atoms with Crippen LogP contribution in [0.5, 0.6) is 0 Å². The Hall–Kier alpha value is -2.36. The van der Waals surface area contributed by atoms with Crippen LogP contribution in [-0.2, 0) is 26.6 Å². The molecule has 0 fully saturated rings. The zero-order valence-corrected chi connectivity index (χ0v) is 15.5. The van der Waals surface area contributed by atoms with Crippen molar-refractivity contribution in [3.8, 4) is 0 Å². The molecule has 0 saturated carbocycles. The molecule has 0 atom stereocenters. The van der Waals surface area contributed by atoms with Crippen molar-refractivity contribution in [3.63, 3.8) is 0 Å². The smallest absolute Gasteiger partial charge is 0.340 e. The first-order valence-corrected chi connectivity index (χ1v) is 8.23. The van der Waals surface area contributed by atoms with E-state index in [1.165, 1.54) is 30.7 Å². The number of unbranched alkanes of at least 4 members (excludes halogenated alkanes) is 5. The second-order valence-corrected chi connectivity index (χ2v) is 5.52. The molecule has 1 N–H and O–H groups in total. The Morgan fingerprint density at radius 1 is 1.19 bits per heavy atom. The molecule has 1 aromatic carbocycles. The summed E-state index contributed by atoms with van der Waals surface area (Å²) in [5, 5.41) is 20.7. The Morgan fingerprint density at radius 2 is 1.77 bits per heavy atom. The van der Waals surface area contributed by atoms with Crippen molar-refractivity contribution >= 4 is 17.4 Å². The summed E-state index contributed by atoms with van der Waals surface area (Å²) in [6.07, 6.45) is 6.23. The Kier molecular flexibility index (Phi) is 11.8. The summed E-state index contributed by atoms with van der Waals surface area (Å²) in [6.45, 7) is 9.40. The third-order valence-electron chi connectivity index (χ3n) is 3.61. The van der Waals surface area contributed by atoms with Crippen molar-refractivity contribution in [3.05, 3.63) is 57.1 Å². The van der Waals surface area contributed by atoms with Gasteiger partial charge < -0.3 is 9.84 Å². The predicted molar refractivity (Wildman–Crippen MR) is 93.6 cm³/mol. The molecule has 1 radical (unpaired) electrons. The fourth-order valence-corrected chi connectivity index (χ4v) is 2.19. The zero-order valence-electron chi connectivity index (χ0n) is 14.5. The van der Waals surface area contributed by atoms with E-state index >= 15 is 0 Å². The molecule has 145 valence electrons. The fourth-order valence-electron chi connectivity index (χ4n) is 2.19. The maximum absolute atomic E-state index is 11.9. The van der Waals surface area contributed by atoms with E-state index in [4.69, 9.17) is 11.3 Å². The van der Waals surface area contributed by atoms with Crippen LogP contribution in [0.25, 0.3) is 10.6 Å². The van der Waals surface area contributed by atoms with Crippen molar-refractivity contribution in [2.24, 2.45) is 0 Å². The topological polar surface area (TPSA) is 94.0 Å². The number of rotatable bonds is 10. The number of nitrogens with zero attached hydrogens (tertiary/aromatic N) is 2. The Morgan fingerprint density at radius 3 is 2.31 bits per heavy atom. The molecule has 0 heterocycles. The summed E-state index contributed by atoms with van der Waals surface area (Å²) in [7, 11) is 0. The number of hydrogen-bond acceptors (Lipinski definition) is 5. The standard InChI is InChI=1S/C18H22N2O5.Cu/c1-3-4-5-6-7-8-13-25-18(22)16(19-2)17(21)14-9-11-15(12-10-14)20(23)24;/h9-12,21H,3-8,13H2,1H3;/b17-16+;.